The van der Waals surface area contributed by atoms with Crippen LogP contribution in [0.3, 0.4) is 0 Å². The molecule has 0 unspecified atom stereocenters. The molecule has 1 saturated heterocycles. The summed E-state index contributed by atoms with van der Waals surface area (Å²) >= 11 is 0. The molecule has 0 aliphatic carbocycles. The van der Waals surface area contributed by atoms with Crippen LogP contribution in [0, 0.1) is 5.41 Å². The van der Waals surface area contributed by atoms with Gasteiger partial charge in [0.2, 0.25) is 0 Å². The fourth-order valence-electron chi connectivity index (χ4n) is 1.86. The van der Waals surface area contributed by atoms with E-state index in [1.807, 2.05) is 24.3 Å². The Bertz CT molecular complexity index is 341. The Hall–Kier alpha value is -1.10. The first-order chi connectivity index (χ1) is 8.28. The summed E-state index contributed by atoms with van der Waals surface area (Å²) in [6, 6.07) is 7.97. The number of benzene rings is 1. The molecule has 0 atom stereocenters. The fraction of sp³-hybridized carbons (Fsp3) is 0.538. The third-order valence-corrected chi connectivity index (χ3v) is 3.14. The summed E-state index contributed by atoms with van der Waals surface area (Å²) < 4.78 is 10.2. The molecule has 0 bridgehead atoms. The summed E-state index contributed by atoms with van der Waals surface area (Å²) in [7, 11) is 1.66. The average Bonchev–Trinajstić information content (AvgIpc) is 2.33. The molecule has 0 amide bonds. The zero-order valence-corrected chi connectivity index (χ0v) is 10.1. The number of aliphatic hydroxyl groups excluding tert-OH is 1. The lowest BCUT2D eigenvalue weighted by Crippen LogP contribution is -2.52. The predicted molar refractivity (Wildman–Crippen MR) is 65.0 cm³/mol. The maximum atomic E-state index is 9.27. The zero-order chi connectivity index (χ0) is 12.1. The molecule has 0 saturated carbocycles. The lowest BCUT2D eigenvalue weighted by molar-refractivity contribution is -0.134. The van der Waals surface area contributed by atoms with E-state index in [1.54, 1.807) is 7.11 Å². The first kappa shape index (κ1) is 12.4. The highest BCUT2D eigenvalue weighted by Gasteiger charge is 2.37. The lowest BCUT2D eigenvalue weighted by atomic mass is 9.87. The van der Waals surface area contributed by atoms with Crippen molar-refractivity contribution >= 4 is 0 Å². The molecule has 94 valence electrons. The van der Waals surface area contributed by atoms with Gasteiger partial charge in [0.1, 0.15) is 5.75 Å². The van der Waals surface area contributed by atoms with E-state index < -0.39 is 0 Å². The van der Waals surface area contributed by atoms with Crippen molar-refractivity contribution in [3.05, 3.63) is 29.8 Å². The maximum absolute atomic E-state index is 9.27. The number of hydrogen-bond donors (Lipinski definition) is 2. The van der Waals surface area contributed by atoms with E-state index in [-0.39, 0.29) is 12.0 Å². The molecule has 1 aromatic carbocycles. The minimum atomic E-state index is -0.0630. The molecule has 0 aromatic heterocycles. The van der Waals surface area contributed by atoms with Crippen LogP contribution in [-0.2, 0) is 11.3 Å². The van der Waals surface area contributed by atoms with Crippen LogP contribution in [0.25, 0.3) is 0 Å². The van der Waals surface area contributed by atoms with Crippen molar-refractivity contribution < 1.29 is 14.6 Å². The van der Waals surface area contributed by atoms with Crippen molar-refractivity contribution in [2.75, 3.05) is 33.5 Å². The normalized spacial score (nSPS) is 17.5. The van der Waals surface area contributed by atoms with Gasteiger partial charge < -0.3 is 19.9 Å². The molecule has 2 N–H and O–H groups in total. The number of rotatable bonds is 6. The first-order valence-corrected chi connectivity index (χ1v) is 5.80. The van der Waals surface area contributed by atoms with E-state index in [0.29, 0.717) is 13.2 Å². The van der Waals surface area contributed by atoms with Gasteiger partial charge in [-0.05, 0) is 17.7 Å². The Morgan fingerprint density at radius 2 is 2.06 bits per heavy atom. The van der Waals surface area contributed by atoms with Gasteiger partial charge in [0, 0.05) is 13.1 Å². The van der Waals surface area contributed by atoms with Crippen LogP contribution >= 0.6 is 0 Å². The molecular formula is C13H19NO3. The second-order valence-corrected chi connectivity index (χ2v) is 4.60. The van der Waals surface area contributed by atoms with Crippen molar-refractivity contribution in [2.24, 2.45) is 5.41 Å². The second-order valence-electron chi connectivity index (χ2n) is 4.60. The summed E-state index contributed by atoms with van der Waals surface area (Å²) in [5.41, 5.74) is 1.14. The number of aliphatic hydroxyl groups is 1. The number of methoxy groups -OCH3 is 1. The van der Waals surface area contributed by atoms with Gasteiger partial charge in [0.15, 0.2) is 0 Å². The summed E-state index contributed by atoms with van der Waals surface area (Å²) in [6.45, 7) is 3.07. The smallest absolute Gasteiger partial charge is 0.118 e. The molecule has 4 nitrogen and oxygen atoms in total. The molecule has 1 aliphatic heterocycles. The van der Waals surface area contributed by atoms with Gasteiger partial charge in [-0.2, -0.15) is 0 Å². The largest absolute Gasteiger partial charge is 0.497 e. The van der Waals surface area contributed by atoms with Crippen LogP contribution < -0.4 is 10.1 Å². The van der Waals surface area contributed by atoms with E-state index in [4.69, 9.17) is 9.47 Å². The van der Waals surface area contributed by atoms with Crippen LogP contribution in [0.4, 0.5) is 0 Å². The standard InChI is InChI=1S/C13H19NO3/c1-16-12-4-2-11(3-5-12)6-14-7-13(8-15)9-17-10-13/h2-5,14-15H,6-10H2,1H3. The third kappa shape index (κ3) is 2.97. The Morgan fingerprint density at radius 3 is 2.53 bits per heavy atom. The quantitative estimate of drug-likeness (QED) is 0.768. The third-order valence-electron chi connectivity index (χ3n) is 3.14. The second kappa shape index (κ2) is 5.49. The van der Waals surface area contributed by atoms with Gasteiger partial charge >= 0.3 is 0 Å². The highest BCUT2D eigenvalue weighted by molar-refractivity contribution is 5.27. The molecule has 1 fully saturated rings. The molecular weight excluding hydrogens is 218 g/mol. The van der Waals surface area contributed by atoms with Crippen molar-refractivity contribution in [1.29, 1.82) is 0 Å². The summed E-state index contributed by atoms with van der Waals surface area (Å²) in [5.74, 6) is 0.868. The van der Waals surface area contributed by atoms with Crippen molar-refractivity contribution in [3.63, 3.8) is 0 Å². The highest BCUT2D eigenvalue weighted by Crippen LogP contribution is 2.25. The van der Waals surface area contributed by atoms with Crippen molar-refractivity contribution in [3.8, 4) is 5.75 Å². The molecule has 1 aromatic rings. The molecule has 1 aliphatic rings. The molecule has 0 radical (unpaired) electrons. The van der Waals surface area contributed by atoms with E-state index in [2.05, 4.69) is 5.32 Å². The van der Waals surface area contributed by atoms with Crippen LogP contribution in [0.1, 0.15) is 5.56 Å². The topological polar surface area (TPSA) is 50.7 Å². The fourth-order valence-corrected chi connectivity index (χ4v) is 1.86. The predicted octanol–water partition coefficient (Wildman–Crippen LogP) is 0.794. The lowest BCUT2D eigenvalue weighted by Gasteiger charge is -2.40. The van der Waals surface area contributed by atoms with E-state index >= 15 is 0 Å². The number of hydrogen-bond acceptors (Lipinski definition) is 4. The van der Waals surface area contributed by atoms with E-state index in [0.717, 1.165) is 18.8 Å². The Labute approximate surface area is 102 Å². The number of nitrogens with one attached hydrogen (secondary N) is 1. The molecule has 2 rings (SSSR count). The van der Waals surface area contributed by atoms with Gasteiger partial charge in [-0.15, -0.1) is 0 Å². The SMILES string of the molecule is COc1ccc(CNCC2(CO)COC2)cc1. The average molecular weight is 237 g/mol. The van der Waals surface area contributed by atoms with E-state index in [1.165, 1.54) is 5.56 Å². The molecule has 17 heavy (non-hydrogen) atoms. The van der Waals surface area contributed by atoms with E-state index in [9.17, 15) is 5.11 Å². The Morgan fingerprint density at radius 1 is 1.35 bits per heavy atom. The number of ether oxygens (including phenoxy) is 2. The maximum Gasteiger partial charge on any atom is 0.118 e. The van der Waals surface area contributed by atoms with Crippen molar-refractivity contribution in [2.45, 2.75) is 6.54 Å². The monoisotopic (exact) mass is 237 g/mol. The minimum Gasteiger partial charge on any atom is -0.497 e. The minimum absolute atomic E-state index is 0.0630. The first-order valence-electron chi connectivity index (χ1n) is 5.80. The Balaban J connectivity index is 1.77. The van der Waals surface area contributed by atoms with Gasteiger partial charge in [-0.25, -0.2) is 0 Å². The Kier molecular flexibility index (Phi) is 3.99. The molecule has 1 heterocycles. The zero-order valence-electron chi connectivity index (χ0n) is 10.1. The van der Waals surface area contributed by atoms with Crippen LogP contribution in [0.2, 0.25) is 0 Å². The molecule has 4 heteroatoms. The van der Waals surface area contributed by atoms with Crippen LogP contribution in [0.15, 0.2) is 24.3 Å². The van der Waals surface area contributed by atoms with Crippen LogP contribution in [-0.4, -0.2) is 38.6 Å². The highest BCUT2D eigenvalue weighted by atomic mass is 16.5. The van der Waals surface area contributed by atoms with Gasteiger partial charge in [0.05, 0.1) is 32.3 Å². The van der Waals surface area contributed by atoms with Crippen molar-refractivity contribution in [1.82, 2.24) is 5.32 Å². The summed E-state index contributed by atoms with van der Waals surface area (Å²) in [4.78, 5) is 0. The van der Waals surface area contributed by atoms with Gasteiger partial charge in [-0.3, -0.25) is 0 Å². The van der Waals surface area contributed by atoms with Gasteiger partial charge in [-0.1, -0.05) is 12.1 Å². The summed E-state index contributed by atoms with van der Waals surface area (Å²) in [5, 5.41) is 12.6. The van der Waals surface area contributed by atoms with Crippen LogP contribution in [0.5, 0.6) is 5.75 Å². The van der Waals surface area contributed by atoms with Gasteiger partial charge in [0.25, 0.3) is 0 Å². The molecule has 0 spiro atoms. The summed E-state index contributed by atoms with van der Waals surface area (Å²) in [6.07, 6.45) is 0.